The molecule has 6 heteroatoms. The summed E-state index contributed by atoms with van der Waals surface area (Å²) in [6.07, 6.45) is 3.50. The molecule has 1 saturated heterocycles. The van der Waals surface area contributed by atoms with Gasteiger partial charge < -0.3 is 15.1 Å². The molecule has 0 unspecified atom stereocenters. The highest BCUT2D eigenvalue weighted by atomic mass is 32.2. The van der Waals surface area contributed by atoms with Crippen LogP contribution in [0.1, 0.15) is 53.8 Å². The van der Waals surface area contributed by atoms with Crippen LogP contribution in [-0.2, 0) is 0 Å². The molecule has 0 atom stereocenters. The smallest absolute Gasteiger partial charge is 0.259 e. The molecule has 4 rings (SSSR count). The Balaban J connectivity index is 1.41. The molecule has 0 saturated carbocycles. The normalized spacial score (nSPS) is 17.1. The fraction of sp³-hybridized carbons (Fsp3) is 0.440. The fourth-order valence-electron chi connectivity index (χ4n) is 4.27. The number of nitrogens with zero attached hydrogens (tertiary/aromatic N) is 2. The number of hydrogen-bond acceptors (Lipinski definition) is 4. The van der Waals surface area contributed by atoms with E-state index in [4.69, 9.17) is 0 Å². The minimum Gasteiger partial charge on any atom is -0.352 e. The van der Waals surface area contributed by atoms with Crippen LogP contribution in [0.5, 0.6) is 0 Å². The second kappa shape index (κ2) is 9.88. The van der Waals surface area contributed by atoms with Gasteiger partial charge in [-0.2, -0.15) is 0 Å². The molecule has 0 radical (unpaired) electrons. The Kier molecular flexibility index (Phi) is 6.98. The molecule has 2 aliphatic heterocycles. The van der Waals surface area contributed by atoms with Crippen LogP contribution in [-0.4, -0.2) is 49.4 Å². The standard InChI is InChI=1S/C25H31N3O2S/c1-3-28-21-17-19(24(29)26-13-6-14-27-15-11-18(2)12-16-27)9-10-23(21)31-22-8-5-4-7-20(22)25(28)30/h4-5,7-10,17-18H,3,6,11-16H2,1-2H3,(H,26,29). The molecule has 1 N–H and O–H groups in total. The van der Waals surface area contributed by atoms with Crippen LogP contribution in [0, 0.1) is 5.92 Å². The minimum atomic E-state index is -0.0784. The largest absolute Gasteiger partial charge is 0.352 e. The first-order valence-electron chi connectivity index (χ1n) is 11.3. The topological polar surface area (TPSA) is 52.7 Å². The van der Waals surface area contributed by atoms with E-state index >= 15 is 0 Å². The SMILES string of the molecule is CCN1C(=O)c2ccccc2Sc2ccc(C(=O)NCCCN3CCC(C)CC3)cc21. The summed E-state index contributed by atoms with van der Waals surface area (Å²) in [5.74, 6) is 0.743. The molecule has 0 bridgehead atoms. The van der Waals surface area contributed by atoms with Gasteiger partial charge >= 0.3 is 0 Å². The molecule has 2 aromatic carbocycles. The van der Waals surface area contributed by atoms with E-state index in [1.54, 1.807) is 16.7 Å². The molecule has 0 aromatic heterocycles. The number of rotatable bonds is 6. The first-order valence-corrected chi connectivity index (χ1v) is 12.1. The quantitative estimate of drug-likeness (QED) is 0.668. The number of amides is 2. The molecule has 2 aromatic rings. The molecule has 0 spiro atoms. The second-order valence-electron chi connectivity index (χ2n) is 8.46. The van der Waals surface area contributed by atoms with Crippen LogP contribution in [0.15, 0.2) is 52.3 Å². The van der Waals surface area contributed by atoms with E-state index in [0.717, 1.165) is 34.4 Å². The van der Waals surface area contributed by atoms with Crippen LogP contribution in [0.2, 0.25) is 0 Å². The van der Waals surface area contributed by atoms with Crippen LogP contribution in [0.3, 0.4) is 0 Å². The predicted molar refractivity (Wildman–Crippen MR) is 126 cm³/mol. The van der Waals surface area contributed by atoms with Crippen molar-refractivity contribution in [3.05, 3.63) is 53.6 Å². The number of anilines is 1. The Morgan fingerprint density at radius 2 is 1.90 bits per heavy atom. The van der Waals surface area contributed by atoms with Gasteiger partial charge in [0.2, 0.25) is 0 Å². The van der Waals surface area contributed by atoms with Gasteiger partial charge in [-0.25, -0.2) is 0 Å². The van der Waals surface area contributed by atoms with Gasteiger partial charge in [-0.1, -0.05) is 30.8 Å². The zero-order valence-electron chi connectivity index (χ0n) is 18.4. The van der Waals surface area contributed by atoms with Crippen molar-refractivity contribution < 1.29 is 9.59 Å². The number of benzene rings is 2. The number of likely N-dealkylation sites (tertiary alicyclic amines) is 1. The number of nitrogens with one attached hydrogen (secondary N) is 1. The monoisotopic (exact) mass is 437 g/mol. The summed E-state index contributed by atoms with van der Waals surface area (Å²) in [5.41, 5.74) is 2.12. The maximum atomic E-state index is 13.1. The van der Waals surface area contributed by atoms with Gasteiger partial charge in [-0.05, 0) is 82.1 Å². The van der Waals surface area contributed by atoms with Gasteiger partial charge in [0.15, 0.2) is 0 Å². The number of hydrogen-bond donors (Lipinski definition) is 1. The highest BCUT2D eigenvalue weighted by Gasteiger charge is 2.27. The summed E-state index contributed by atoms with van der Waals surface area (Å²) in [6, 6.07) is 13.4. The summed E-state index contributed by atoms with van der Waals surface area (Å²) in [7, 11) is 0. The molecule has 2 amide bonds. The molecule has 1 fully saturated rings. The zero-order chi connectivity index (χ0) is 21.8. The summed E-state index contributed by atoms with van der Waals surface area (Å²) in [5, 5.41) is 3.06. The van der Waals surface area contributed by atoms with Gasteiger partial charge in [0, 0.05) is 28.4 Å². The molecule has 2 aliphatic rings. The Morgan fingerprint density at radius 1 is 1.13 bits per heavy atom. The van der Waals surface area contributed by atoms with Gasteiger partial charge in [0.05, 0.1) is 11.3 Å². The Hall–Kier alpha value is -2.31. The highest BCUT2D eigenvalue weighted by Crippen LogP contribution is 2.41. The Bertz CT molecular complexity index is 954. The van der Waals surface area contributed by atoms with Crippen molar-refractivity contribution in [2.45, 2.75) is 42.9 Å². The highest BCUT2D eigenvalue weighted by molar-refractivity contribution is 7.99. The molecular weight excluding hydrogens is 406 g/mol. The maximum Gasteiger partial charge on any atom is 0.259 e. The molecule has 2 heterocycles. The van der Waals surface area contributed by atoms with Crippen LogP contribution in [0.4, 0.5) is 5.69 Å². The Labute approximate surface area is 189 Å². The average molecular weight is 438 g/mol. The summed E-state index contributed by atoms with van der Waals surface area (Å²) < 4.78 is 0. The zero-order valence-corrected chi connectivity index (χ0v) is 19.2. The van der Waals surface area contributed by atoms with Gasteiger partial charge in [-0.15, -0.1) is 0 Å². The number of piperidine rings is 1. The third-order valence-electron chi connectivity index (χ3n) is 6.22. The third kappa shape index (κ3) is 4.96. The first kappa shape index (κ1) is 21.9. The maximum absolute atomic E-state index is 13.1. The lowest BCUT2D eigenvalue weighted by molar-refractivity contribution is 0.0947. The molecule has 164 valence electrons. The van der Waals surface area contributed by atoms with Crippen LogP contribution in [0.25, 0.3) is 0 Å². The number of carbonyl (C=O) groups excluding carboxylic acids is 2. The lowest BCUT2D eigenvalue weighted by Crippen LogP contribution is -2.35. The lowest BCUT2D eigenvalue weighted by Gasteiger charge is -2.30. The van der Waals surface area contributed by atoms with Gasteiger partial charge in [0.25, 0.3) is 11.8 Å². The van der Waals surface area contributed by atoms with E-state index in [2.05, 4.69) is 17.1 Å². The number of fused-ring (bicyclic) bond motifs is 2. The average Bonchev–Trinajstić information content (AvgIpc) is 2.91. The summed E-state index contributed by atoms with van der Waals surface area (Å²) in [6.45, 7) is 8.88. The van der Waals surface area contributed by atoms with E-state index in [1.807, 2.05) is 49.4 Å². The second-order valence-corrected chi connectivity index (χ2v) is 9.55. The van der Waals surface area contributed by atoms with Crippen molar-refractivity contribution in [2.75, 3.05) is 37.6 Å². The van der Waals surface area contributed by atoms with Crippen LogP contribution >= 0.6 is 11.8 Å². The van der Waals surface area contributed by atoms with E-state index in [-0.39, 0.29) is 11.8 Å². The van der Waals surface area contributed by atoms with E-state index in [1.165, 1.54) is 25.9 Å². The van der Waals surface area contributed by atoms with Crippen molar-refractivity contribution in [3.63, 3.8) is 0 Å². The first-order chi connectivity index (χ1) is 15.1. The molecular formula is C25H31N3O2S. The molecule has 0 aliphatic carbocycles. The van der Waals surface area contributed by atoms with Gasteiger partial charge in [0.1, 0.15) is 0 Å². The van der Waals surface area contributed by atoms with Crippen molar-refractivity contribution in [3.8, 4) is 0 Å². The van der Waals surface area contributed by atoms with Crippen molar-refractivity contribution in [1.82, 2.24) is 10.2 Å². The van der Waals surface area contributed by atoms with Crippen molar-refractivity contribution in [1.29, 1.82) is 0 Å². The van der Waals surface area contributed by atoms with E-state index < -0.39 is 0 Å². The Morgan fingerprint density at radius 3 is 2.68 bits per heavy atom. The van der Waals surface area contributed by atoms with E-state index in [0.29, 0.717) is 24.2 Å². The molecule has 31 heavy (non-hydrogen) atoms. The minimum absolute atomic E-state index is 0.0160. The fourth-order valence-corrected chi connectivity index (χ4v) is 5.33. The third-order valence-corrected chi connectivity index (χ3v) is 7.36. The van der Waals surface area contributed by atoms with Crippen LogP contribution < -0.4 is 10.2 Å². The summed E-state index contributed by atoms with van der Waals surface area (Å²) in [4.78, 5) is 32.1. The van der Waals surface area contributed by atoms with Crippen molar-refractivity contribution in [2.24, 2.45) is 5.92 Å². The number of carbonyl (C=O) groups is 2. The van der Waals surface area contributed by atoms with Gasteiger partial charge in [-0.3, -0.25) is 9.59 Å². The molecule has 5 nitrogen and oxygen atoms in total. The summed E-state index contributed by atoms with van der Waals surface area (Å²) >= 11 is 1.58. The van der Waals surface area contributed by atoms with Crippen molar-refractivity contribution >= 4 is 29.3 Å². The van der Waals surface area contributed by atoms with E-state index in [9.17, 15) is 9.59 Å². The lowest BCUT2D eigenvalue weighted by atomic mass is 9.99. The predicted octanol–water partition coefficient (Wildman–Crippen LogP) is 4.67.